The molecular weight excluding hydrogens is 128 g/mol. The van der Waals surface area contributed by atoms with Crippen LogP contribution in [-0.4, -0.2) is 25.5 Å². The number of hydrogen-bond acceptors (Lipinski definition) is 2. The summed E-state index contributed by atoms with van der Waals surface area (Å²) in [7, 11) is 0. The van der Waals surface area contributed by atoms with E-state index < -0.39 is 0 Å². The smallest absolute Gasteiger partial charge is 0.207 e. The summed E-state index contributed by atoms with van der Waals surface area (Å²) in [5.41, 5.74) is 0. The lowest BCUT2D eigenvalue weighted by molar-refractivity contribution is -0.110. The molecule has 1 amide bonds. The number of halogens is 1. The van der Waals surface area contributed by atoms with E-state index in [0.717, 1.165) is 19.5 Å². The van der Waals surface area contributed by atoms with Crippen molar-refractivity contribution in [3.63, 3.8) is 0 Å². The largest absolute Gasteiger partial charge is 0.353 e. The van der Waals surface area contributed by atoms with E-state index in [4.69, 9.17) is 0 Å². The lowest BCUT2D eigenvalue weighted by Gasteiger charge is -2.25. The van der Waals surface area contributed by atoms with Crippen LogP contribution in [0.15, 0.2) is 0 Å². The van der Waals surface area contributed by atoms with Crippen LogP contribution in [-0.2, 0) is 4.79 Å². The number of hydrogen-bond donors (Lipinski definition) is 2. The standard InChI is InChI=1S/C4H8N2O.ClH/c7-3-6-4-1-5-2-4;/h3-5H,1-2H2,(H,6,7);1H. The van der Waals surface area contributed by atoms with Gasteiger partial charge in [0, 0.05) is 13.1 Å². The van der Waals surface area contributed by atoms with Crippen LogP contribution in [0.25, 0.3) is 0 Å². The van der Waals surface area contributed by atoms with Crippen LogP contribution >= 0.6 is 12.4 Å². The highest BCUT2D eigenvalue weighted by molar-refractivity contribution is 5.85. The molecule has 1 rings (SSSR count). The fraction of sp³-hybridized carbons (Fsp3) is 0.750. The first-order valence-electron chi connectivity index (χ1n) is 2.34. The van der Waals surface area contributed by atoms with Crippen LogP contribution in [0.5, 0.6) is 0 Å². The molecule has 0 atom stereocenters. The Hall–Kier alpha value is -0.280. The van der Waals surface area contributed by atoms with Gasteiger partial charge in [0.1, 0.15) is 0 Å². The summed E-state index contributed by atoms with van der Waals surface area (Å²) < 4.78 is 0. The van der Waals surface area contributed by atoms with Crippen molar-refractivity contribution in [3.05, 3.63) is 0 Å². The van der Waals surface area contributed by atoms with Gasteiger partial charge in [-0.1, -0.05) is 0 Å². The van der Waals surface area contributed by atoms with Crippen molar-refractivity contribution in [3.8, 4) is 0 Å². The molecule has 0 aliphatic carbocycles. The molecule has 0 aromatic rings. The van der Waals surface area contributed by atoms with Gasteiger partial charge in [-0.05, 0) is 0 Å². The molecule has 8 heavy (non-hydrogen) atoms. The molecule has 1 aliphatic rings. The van der Waals surface area contributed by atoms with Gasteiger partial charge in [0.2, 0.25) is 6.41 Å². The number of rotatable bonds is 2. The Morgan fingerprint density at radius 2 is 2.25 bits per heavy atom. The second-order valence-electron chi connectivity index (χ2n) is 1.64. The molecule has 0 saturated carbocycles. The van der Waals surface area contributed by atoms with Crippen molar-refractivity contribution >= 4 is 18.8 Å². The lowest BCUT2D eigenvalue weighted by Crippen LogP contribution is -2.54. The average molecular weight is 137 g/mol. The third-order valence-corrected chi connectivity index (χ3v) is 1.09. The predicted molar refractivity (Wildman–Crippen MR) is 33.1 cm³/mol. The maximum absolute atomic E-state index is 9.67. The van der Waals surface area contributed by atoms with E-state index in [9.17, 15) is 4.79 Å². The Morgan fingerprint density at radius 3 is 2.38 bits per heavy atom. The van der Waals surface area contributed by atoms with E-state index in [1.165, 1.54) is 0 Å². The summed E-state index contributed by atoms with van der Waals surface area (Å²) >= 11 is 0. The molecule has 4 heteroatoms. The van der Waals surface area contributed by atoms with Crippen LogP contribution < -0.4 is 10.6 Å². The van der Waals surface area contributed by atoms with Gasteiger partial charge in [-0.25, -0.2) is 0 Å². The molecule has 1 aliphatic heterocycles. The van der Waals surface area contributed by atoms with Crippen LogP contribution in [0.3, 0.4) is 0 Å². The minimum atomic E-state index is 0. The fourth-order valence-electron chi connectivity index (χ4n) is 0.503. The summed E-state index contributed by atoms with van der Waals surface area (Å²) in [5.74, 6) is 0. The Balaban J connectivity index is 0.000000490. The van der Waals surface area contributed by atoms with Gasteiger partial charge in [0.05, 0.1) is 6.04 Å². The lowest BCUT2D eigenvalue weighted by atomic mass is 10.2. The summed E-state index contributed by atoms with van der Waals surface area (Å²) in [6.45, 7) is 1.86. The fourth-order valence-corrected chi connectivity index (χ4v) is 0.503. The highest BCUT2D eigenvalue weighted by Crippen LogP contribution is 1.86. The zero-order chi connectivity index (χ0) is 5.11. The molecular formula is C4H9ClN2O. The summed E-state index contributed by atoms with van der Waals surface area (Å²) in [6, 6.07) is 0.400. The quantitative estimate of drug-likeness (QED) is 0.485. The molecule has 0 unspecified atom stereocenters. The second-order valence-corrected chi connectivity index (χ2v) is 1.64. The molecule has 0 radical (unpaired) electrons. The Bertz CT molecular complexity index is 74.4. The molecule has 1 fully saturated rings. The van der Waals surface area contributed by atoms with Gasteiger partial charge in [0.25, 0.3) is 0 Å². The van der Waals surface area contributed by atoms with Gasteiger partial charge >= 0.3 is 0 Å². The Morgan fingerprint density at radius 1 is 1.62 bits per heavy atom. The van der Waals surface area contributed by atoms with E-state index in [1.807, 2.05) is 0 Å². The van der Waals surface area contributed by atoms with E-state index >= 15 is 0 Å². The van der Waals surface area contributed by atoms with Crippen LogP contribution in [0.2, 0.25) is 0 Å². The van der Waals surface area contributed by atoms with Gasteiger partial charge in [0.15, 0.2) is 0 Å². The van der Waals surface area contributed by atoms with E-state index in [-0.39, 0.29) is 12.4 Å². The van der Waals surface area contributed by atoms with Crippen molar-refractivity contribution in [2.24, 2.45) is 0 Å². The molecule has 0 aromatic heterocycles. The molecule has 1 heterocycles. The van der Waals surface area contributed by atoms with Gasteiger partial charge in [-0.15, -0.1) is 12.4 Å². The highest BCUT2D eigenvalue weighted by Gasteiger charge is 2.13. The molecule has 1 saturated heterocycles. The summed E-state index contributed by atoms with van der Waals surface area (Å²) in [5, 5.41) is 5.66. The molecule has 0 spiro atoms. The molecule has 3 nitrogen and oxygen atoms in total. The Labute approximate surface area is 54.2 Å². The minimum absolute atomic E-state index is 0. The monoisotopic (exact) mass is 136 g/mol. The molecule has 0 aromatic carbocycles. The van der Waals surface area contributed by atoms with Crippen molar-refractivity contribution in [1.82, 2.24) is 10.6 Å². The minimum Gasteiger partial charge on any atom is -0.353 e. The van der Waals surface area contributed by atoms with Crippen LogP contribution in [0.4, 0.5) is 0 Å². The van der Waals surface area contributed by atoms with Crippen LogP contribution in [0, 0.1) is 0 Å². The van der Waals surface area contributed by atoms with Crippen molar-refractivity contribution < 1.29 is 4.79 Å². The number of carbonyl (C=O) groups excluding carboxylic acids is 1. The SMILES string of the molecule is Cl.O=CNC1CNC1. The third-order valence-electron chi connectivity index (χ3n) is 1.09. The van der Waals surface area contributed by atoms with Crippen LogP contribution in [0.1, 0.15) is 0 Å². The predicted octanol–water partition coefficient (Wildman–Crippen LogP) is -0.874. The third kappa shape index (κ3) is 1.68. The van der Waals surface area contributed by atoms with Crippen molar-refractivity contribution in [2.45, 2.75) is 6.04 Å². The molecule has 48 valence electrons. The normalized spacial score (nSPS) is 18.0. The first kappa shape index (κ1) is 7.72. The number of amides is 1. The van der Waals surface area contributed by atoms with E-state index in [2.05, 4.69) is 10.6 Å². The van der Waals surface area contributed by atoms with Crippen molar-refractivity contribution in [1.29, 1.82) is 0 Å². The summed E-state index contributed by atoms with van der Waals surface area (Å²) in [4.78, 5) is 9.67. The zero-order valence-electron chi connectivity index (χ0n) is 4.39. The molecule has 0 bridgehead atoms. The average Bonchev–Trinajstić information content (AvgIpc) is 1.55. The molecule has 2 N–H and O–H groups in total. The highest BCUT2D eigenvalue weighted by atomic mass is 35.5. The van der Waals surface area contributed by atoms with E-state index in [1.54, 1.807) is 0 Å². The topological polar surface area (TPSA) is 41.1 Å². The van der Waals surface area contributed by atoms with Gasteiger partial charge < -0.3 is 10.6 Å². The first-order chi connectivity index (χ1) is 3.43. The Kier molecular flexibility index (Phi) is 3.56. The second kappa shape index (κ2) is 3.69. The van der Waals surface area contributed by atoms with E-state index in [0.29, 0.717) is 6.04 Å². The zero-order valence-corrected chi connectivity index (χ0v) is 5.20. The number of carbonyl (C=O) groups is 1. The van der Waals surface area contributed by atoms with Crippen molar-refractivity contribution in [2.75, 3.05) is 13.1 Å². The van der Waals surface area contributed by atoms with Gasteiger partial charge in [-0.3, -0.25) is 4.79 Å². The number of nitrogens with one attached hydrogen (secondary N) is 2. The maximum Gasteiger partial charge on any atom is 0.207 e. The first-order valence-corrected chi connectivity index (χ1v) is 2.34. The maximum atomic E-state index is 9.67. The van der Waals surface area contributed by atoms with Gasteiger partial charge in [-0.2, -0.15) is 0 Å². The summed E-state index contributed by atoms with van der Waals surface area (Å²) in [6.07, 6.45) is 0.742.